The molecule has 0 heteroatoms. The number of benzene rings is 10. The summed E-state index contributed by atoms with van der Waals surface area (Å²) < 4.78 is 0. The predicted octanol–water partition coefficient (Wildman–Crippen LogP) is 14.1. The van der Waals surface area contributed by atoms with E-state index in [1.54, 1.807) is 0 Å². The van der Waals surface area contributed by atoms with Gasteiger partial charge in [-0.3, -0.25) is 0 Å². The minimum absolute atomic E-state index is 1.22. The van der Waals surface area contributed by atoms with Crippen LogP contribution in [0.2, 0.25) is 0 Å². The molecule has 0 saturated carbocycles. The second-order valence-corrected chi connectivity index (χ2v) is 13.2. The van der Waals surface area contributed by atoms with E-state index in [4.69, 9.17) is 0 Å². The molecule has 0 aromatic heterocycles. The Kier molecular flexibility index (Phi) is 6.60. The minimum atomic E-state index is 1.22. The molecule has 0 spiro atoms. The smallest absolute Gasteiger partial charge is 0.00137 e. The number of hydrogen-bond donors (Lipinski definition) is 0. The molecule has 0 aliphatic carbocycles. The molecule has 232 valence electrons. The van der Waals surface area contributed by atoms with Crippen LogP contribution in [0.5, 0.6) is 0 Å². The Hall–Kier alpha value is -6.50. The molecule has 0 N–H and O–H groups in total. The van der Waals surface area contributed by atoms with Crippen molar-refractivity contribution in [3.8, 4) is 44.5 Å². The van der Waals surface area contributed by atoms with Gasteiger partial charge in [0.1, 0.15) is 0 Å². The van der Waals surface area contributed by atoms with Gasteiger partial charge in [-0.15, -0.1) is 0 Å². The topological polar surface area (TPSA) is 0 Å². The molecular weight excluding hydrogens is 601 g/mol. The molecule has 0 fully saturated rings. The third kappa shape index (κ3) is 4.54. The Morgan fingerprint density at radius 1 is 0.180 bits per heavy atom. The zero-order valence-corrected chi connectivity index (χ0v) is 27.5. The van der Waals surface area contributed by atoms with Crippen molar-refractivity contribution in [1.82, 2.24) is 0 Å². The molecule has 10 aromatic carbocycles. The van der Waals surface area contributed by atoms with E-state index in [2.05, 4.69) is 194 Å². The maximum atomic E-state index is 2.45. The van der Waals surface area contributed by atoms with Gasteiger partial charge in [0.25, 0.3) is 0 Å². The van der Waals surface area contributed by atoms with Gasteiger partial charge in [-0.2, -0.15) is 0 Å². The summed E-state index contributed by atoms with van der Waals surface area (Å²) in [6.07, 6.45) is 0. The van der Waals surface area contributed by atoms with Crippen LogP contribution in [0, 0.1) is 0 Å². The van der Waals surface area contributed by atoms with Crippen molar-refractivity contribution < 1.29 is 0 Å². The Morgan fingerprint density at radius 2 is 0.520 bits per heavy atom. The summed E-state index contributed by atoms with van der Waals surface area (Å²) in [7, 11) is 0. The number of rotatable bonds is 4. The van der Waals surface area contributed by atoms with Crippen LogP contribution < -0.4 is 0 Å². The van der Waals surface area contributed by atoms with Gasteiger partial charge in [-0.25, -0.2) is 0 Å². The van der Waals surface area contributed by atoms with Gasteiger partial charge in [-0.1, -0.05) is 182 Å². The Morgan fingerprint density at radius 3 is 1.08 bits per heavy atom. The summed E-state index contributed by atoms with van der Waals surface area (Å²) >= 11 is 0. The van der Waals surface area contributed by atoms with Crippen LogP contribution in [0.15, 0.2) is 194 Å². The summed E-state index contributed by atoms with van der Waals surface area (Å²) in [5.41, 5.74) is 9.84. The standard InChI is InChI=1S/C50H32/c1-3-13-33(14-4-1)35-23-25-36(26-24-35)39-17-7-8-18-40(39)38-28-30-44-43-29-27-37(34-15-5-2-6-16-34)31-47(43)49-45-21-11-9-19-41(45)42-20-10-12-22-46(42)50(49)48(44)32-38/h1-32H. The normalized spacial score (nSPS) is 11.6. The lowest BCUT2D eigenvalue weighted by molar-refractivity contribution is 1.58. The van der Waals surface area contributed by atoms with E-state index in [1.165, 1.54) is 98.4 Å². The summed E-state index contributed by atoms with van der Waals surface area (Å²) in [5, 5.41) is 12.9. The lowest BCUT2D eigenvalue weighted by Crippen LogP contribution is -1.91. The van der Waals surface area contributed by atoms with Crippen molar-refractivity contribution in [2.24, 2.45) is 0 Å². The Bertz CT molecular complexity index is 2880. The van der Waals surface area contributed by atoms with E-state index in [1.807, 2.05) is 0 Å². The first-order valence-electron chi connectivity index (χ1n) is 17.4. The van der Waals surface area contributed by atoms with Crippen LogP contribution in [-0.2, 0) is 0 Å². The molecule has 0 heterocycles. The molecule has 0 saturated heterocycles. The summed E-state index contributed by atoms with van der Waals surface area (Å²) in [6.45, 7) is 0. The van der Waals surface area contributed by atoms with Gasteiger partial charge in [0.2, 0.25) is 0 Å². The Balaban J connectivity index is 1.26. The van der Waals surface area contributed by atoms with Crippen molar-refractivity contribution >= 4 is 53.9 Å². The first-order valence-corrected chi connectivity index (χ1v) is 17.4. The number of hydrogen-bond acceptors (Lipinski definition) is 0. The molecule has 0 unspecified atom stereocenters. The lowest BCUT2D eigenvalue weighted by Gasteiger charge is -2.18. The molecule has 0 radical (unpaired) electrons. The van der Waals surface area contributed by atoms with E-state index in [9.17, 15) is 0 Å². The minimum Gasteiger partial charge on any atom is -0.0622 e. The fourth-order valence-corrected chi connectivity index (χ4v) is 8.11. The summed E-state index contributed by atoms with van der Waals surface area (Å²) in [6, 6.07) is 71.2. The molecule has 0 aliphatic rings. The van der Waals surface area contributed by atoms with Crippen LogP contribution in [0.3, 0.4) is 0 Å². The molecule has 0 atom stereocenters. The van der Waals surface area contributed by atoms with Gasteiger partial charge in [0.15, 0.2) is 0 Å². The maximum absolute atomic E-state index is 2.45. The monoisotopic (exact) mass is 632 g/mol. The van der Waals surface area contributed by atoms with Gasteiger partial charge in [0, 0.05) is 0 Å². The van der Waals surface area contributed by atoms with Crippen molar-refractivity contribution in [2.45, 2.75) is 0 Å². The van der Waals surface area contributed by atoms with Crippen LogP contribution >= 0.6 is 0 Å². The van der Waals surface area contributed by atoms with E-state index >= 15 is 0 Å². The third-order valence-corrected chi connectivity index (χ3v) is 10.4. The maximum Gasteiger partial charge on any atom is -0.00137 e. The molecule has 0 bridgehead atoms. The second kappa shape index (κ2) is 11.6. The van der Waals surface area contributed by atoms with Gasteiger partial charge in [0.05, 0.1) is 0 Å². The first kappa shape index (κ1) is 28.5. The van der Waals surface area contributed by atoms with Crippen LogP contribution in [0.4, 0.5) is 0 Å². The van der Waals surface area contributed by atoms with Gasteiger partial charge in [-0.05, 0) is 111 Å². The largest absolute Gasteiger partial charge is 0.0622 e. The molecule has 10 aromatic rings. The van der Waals surface area contributed by atoms with Gasteiger partial charge >= 0.3 is 0 Å². The predicted molar refractivity (Wildman–Crippen MR) is 216 cm³/mol. The van der Waals surface area contributed by atoms with E-state index in [0.29, 0.717) is 0 Å². The lowest BCUT2D eigenvalue weighted by atomic mass is 9.85. The van der Waals surface area contributed by atoms with E-state index in [-0.39, 0.29) is 0 Å². The second-order valence-electron chi connectivity index (χ2n) is 13.2. The first-order chi connectivity index (χ1) is 24.8. The van der Waals surface area contributed by atoms with Crippen LogP contribution in [-0.4, -0.2) is 0 Å². The molecule has 10 rings (SSSR count). The van der Waals surface area contributed by atoms with Crippen molar-refractivity contribution in [3.05, 3.63) is 194 Å². The molecule has 50 heavy (non-hydrogen) atoms. The molecule has 0 nitrogen and oxygen atoms in total. The molecular formula is C50H32. The highest BCUT2D eigenvalue weighted by Crippen LogP contribution is 2.46. The average Bonchev–Trinajstić information content (AvgIpc) is 3.21. The highest BCUT2D eigenvalue weighted by atomic mass is 14.2. The fraction of sp³-hybridized carbons (Fsp3) is 0. The third-order valence-electron chi connectivity index (χ3n) is 10.4. The highest BCUT2D eigenvalue weighted by molar-refractivity contribution is 6.39. The molecule has 0 aliphatic heterocycles. The van der Waals surface area contributed by atoms with Crippen LogP contribution in [0.25, 0.3) is 98.4 Å². The summed E-state index contributed by atoms with van der Waals surface area (Å²) in [4.78, 5) is 0. The molecule has 0 amide bonds. The highest BCUT2D eigenvalue weighted by Gasteiger charge is 2.18. The van der Waals surface area contributed by atoms with E-state index < -0.39 is 0 Å². The van der Waals surface area contributed by atoms with Crippen molar-refractivity contribution in [1.29, 1.82) is 0 Å². The summed E-state index contributed by atoms with van der Waals surface area (Å²) in [5.74, 6) is 0. The number of fused-ring (bicyclic) bond motifs is 11. The average molecular weight is 633 g/mol. The van der Waals surface area contributed by atoms with Crippen LogP contribution in [0.1, 0.15) is 0 Å². The van der Waals surface area contributed by atoms with E-state index in [0.717, 1.165) is 0 Å². The quantitative estimate of drug-likeness (QED) is 0.169. The fourth-order valence-electron chi connectivity index (χ4n) is 8.11. The SMILES string of the molecule is c1ccc(-c2ccc(-c3ccccc3-c3ccc4c5ccc(-c6ccccc6)cc5c5c6ccccc6c6ccccc6c5c4c3)cc2)cc1. The zero-order valence-electron chi connectivity index (χ0n) is 27.5. The van der Waals surface area contributed by atoms with Crippen molar-refractivity contribution in [3.63, 3.8) is 0 Å². The van der Waals surface area contributed by atoms with Gasteiger partial charge < -0.3 is 0 Å². The Labute approximate surface area is 291 Å². The van der Waals surface area contributed by atoms with Crippen molar-refractivity contribution in [2.75, 3.05) is 0 Å². The zero-order chi connectivity index (χ0) is 33.0.